The first kappa shape index (κ1) is 15.0. The average Bonchev–Trinajstić information content (AvgIpc) is 2.82. The fourth-order valence-electron chi connectivity index (χ4n) is 2.85. The van der Waals surface area contributed by atoms with Crippen LogP contribution in [0.2, 0.25) is 0 Å². The smallest absolute Gasteiger partial charge is 0.360 e. The fourth-order valence-corrected chi connectivity index (χ4v) is 2.85. The van der Waals surface area contributed by atoms with Crippen molar-refractivity contribution in [3.8, 4) is 0 Å². The summed E-state index contributed by atoms with van der Waals surface area (Å²) in [6.07, 6.45) is 6.41. The standard InChI is InChI=1S/C14H23N3O3/c1-3-7-11-12(13(18)20-2)15-16-17(11)10-14(19)8-5-4-6-9-14/h19H,3-10H2,1-2H3. The molecule has 1 aliphatic rings. The van der Waals surface area contributed by atoms with Gasteiger partial charge in [0, 0.05) is 0 Å². The van der Waals surface area contributed by atoms with Gasteiger partial charge >= 0.3 is 5.97 Å². The minimum absolute atomic E-state index is 0.272. The third-order valence-electron chi connectivity index (χ3n) is 3.93. The second kappa shape index (κ2) is 6.35. The molecule has 1 aromatic heterocycles. The van der Waals surface area contributed by atoms with Gasteiger partial charge in [0.25, 0.3) is 0 Å². The van der Waals surface area contributed by atoms with Gasteiger partial charge in [-0.25, -0.2) is 9.48 Å². The number of rotatable bonds is 5. The summed E-state index contributed by atoms with van der Waals surface area (Å²) in [7, 11) is 1.34. The summed E-state index contributed by atoms with van der Waals surface area (Å²) in [6.45, 7) is 2.44. The molecule has 0 aromatic carbocycles. The van der Waals surface area contributed by atoms with Gasteiger partial charge < -0.3 is 9.84 Å². The molecule has 0 aliphatic heterocycles. The molecule has 6 heteroatoms. The highest BCUT2D eigenvalue weighted by Crippen LogP contribution is 2.30. The lowest BCUT2D eigenvalue weighted by Gasteiger charge is -2.32. The van der Waals surface area contributed by atoms with Gasteiger partial charge in [0.15, 0.2) is 5.69 Å². The van der Waals surface area contributed by atoms with Crippen LogP contribution < -0.4 is 0 Å². The Bertz CT molecular complexity index is 464. The van der Waals surface area contributed by atoms with Crippen molar-refractivity contribution in [2.75, 3.05) is 7.11 Å². The molecule has 1 fully saturated rings. The predicted molar refractivity (Wildman–Crippen MR) is 73.4 cm³/mol. The van der Waals surface area contributed by atoms with Crippen molar-refractivity contribution in [2.45, 2.75) is 64.0 Å². The summed E-state index contributed by atoms with van der Waals surface area (Å²) < 4.78 is 6.42. The number of hydrogen-bond acceptors (Lipinski definition) is 5. The van der Waals surface area contributed by atoms with Crippen molar-refractivity contribution in [1.82, 2.24) is 15.0 Å². The highest BCUT2D eigenvalue weighted by Gasteiger charge is 2.32. The van der Waals surface area contributed by atoms with Crippen molar-refractivity contribution < 1.29 is 14.6 Å². The van der Waals surface area contributed by atoms with E-state index in [4.69, 9.17) is 4.74 Å². The lowest BCUT2D eigenvalue weighted by molar-refractivity contribution is -0.0153. The van der Waals surface area contributed by atoms with Gasteiger partial charge in [-0.3, -0.25) is 0 Å². The SMILES string of the molecule is CCCc1c(C(=O)OC)nnn1CC1(O)CCCCC1. The van der Waals surface area contributed by atoms with Crippen LogP contribution in [0.3, 0.4) is 0 Å². The summed E-state index contributed by atoms with van der Waals surface area (Å²) in [4.78, 5) is 11.7. The highest BCUT2D eigenvalue weighted by atomic mass is 16.5. The molecule has 20 heavy (non-hydrogen) atoms. The number of hydrogen-bond donors (Lipinski definition) is 1. The molecule has 112 valence electrons. The summed E-state index contributed by atoms with van der Waals surface area (Å²) in [5, 5.41) is 18.6. The number of aromatic nitrogens is 3. The van der Waals surface area contributed by atoms with Crippen molar-refractivity contribution in [3.63, 3.8) is 0 Å². The zero-order chi connectivity index (χ0) is 14.6. The van der Waals surface area contributed by atoms with Gasteiger partial charge in [0.05, 0.1) is 24.9 Å². The molecule has 1 aliphatic carbocycles. The largest absolute Gasteiger partial charge is 0.464 e. The number of ether oxygens (including phenoxy) is 1. The molecule has 1 N–H and O–H groups in total. The maximum absolute atomic E-state index is 11.7. The number of aliphatic hydroxyl groups is 1. The number of nitrogens with zero attached hydrogens (tertiary/aromatic N) is 3. The van der Waals surface area contributed by atoms with Gasteiger partial charge in [0.1, 0.15) is 0 Å². The fraction of sp³-hybridized carbons (Fsp3) is 0.786. The normalized spacial score (nSPS) is 17.9. The molecule has 6 nitrogen and oxygen atoms in total. The molecule has 0 spiro atoms. The van der Waals surface area contributed by atoms with Crippen LogP contribution >= 0.6 is 0 Å². The summed E-state index contributed by atoms with van der Waals surface area (Å²) in [6, 6.07) is 0. The molecule has 0 radical (unpaired) electrons. The lowest BCUT2D eigenvalue weighted by atomic mass is 9.85. The molecule has 0 atom stereocenters. The van der Waals surface area contributed by atoms with Crippen molar-refractivity contribution >= 4 is 5.97 Å². The van der Waals surface area contributed by atoms with Crippen LogP contribution in [0.25, 0.3) is 0 Å². The molecule has 0 bridgehead atoms. The van der Waals surface area contributed by atoms with E-state index in [0.29, 0.717) is 13.0 Å². The van der Waals surface area contributed by atoms with Crippen LogP contribution in [-0.2, 0) is 17.7 Å². The van der Waals surface area contributed by atoms with E-state index in [9.17, 15) is 9.90 Å². The Kier molecular flexibility index (Phi) is 4.75. The first-order valence-corrected chi connectivity index (χ1v) is 7.32. The quantitative estimate of drug-likeness (QED) is 0.831. The average molecular weight is 281 g/mol. The minimum Gasteiger partial charge on any atom is -0.464 e. The summed E-state index contributed by atoms with van der Waals surface area (Å²) in [5.41, 5.74) is 0.314. The van der Waals surface area contributed by atoms with Gasteiger partial charge in [-0.05, 0) is 19.3 Å². The van der Waals surface area contributed by atoms with E-state index in [-0.39, 0.29) is 5.69 Å². The summed E-state index contributed by atoms with van der Waals surface area (Å²) in [5.74, 6) is -0.463. The van der Waals surface area contributed by atoms with E-state index in [1.165, 1.54) is 13.5 Å². The van der Waals surface area contributed by atoms with Crippen LogP contribution in [0.15, 0.2) is 0 Å². The van der Waals surface area contributed by atoms with Crippen LogP contribution in [0.4, 0.5) is 0 Å². The number of carbonyl (C=O) groups is 1. The van der Waals surface area contributed by atoms with E-state index in [2.05, 4.69) is 10.3 Å². The maximum Gasteiger partial charge on any atom is 0.360 e. The van der Waals surface area contributed by atoms with Crippen molar-refractivity contribution in [2.24, 2.45) is 0 Å². The first-order valence-electron chi connectivity index (χ1n) is 7.32. The van der Waals surface area contributed by atoms with E-state index in [1.54, 1.807) is 4.68 Å². The second-order valence-corrected chi connectivity index (χ2v) is 5.57. The number of methoxy groups -OCH3 is 1. The monoisotopic (exact) mass is 281 g/mol. The van der Waals surface area contributed by atoms with Gasteiger partial charge in [0.2, 0.25) is 0 Å². The molecule has 0 unspecified atom stereocenters. The van der Waals surface area contributed by atoms with Crippen LogP contribution in [0.5, 0.6) is 0 Å². The zero-order valence-electron chi connectivity index (χ0n) is 12.3. The Labute approximate surface area is 119 Å². The van der Waals surface area contributed by atoms with Gasteiger partial charge in [-0.1, -0.05) is 37.8 Å². The van der Waals surface area contributed by atoms with Crippen molar-refractivity contribution in [3.05, 3.63) is 11.4 Å². The third kappa shape index (κ3) is 3.17. The Morgan fingerprint density at radius 1 is 1.40 bits per heavy atom. The van der Waals surface area contributed by atoms with E-state index < -0.39 is 11.6 Å². The Hall–Kier alpha value is -1.43. The Morgan fingerprint density at radius 3 is 2.70 bits per heavy atom. The molecule has 1 aromatic rings. The van der Waals surface area contributed by atoms with Crippen molar-refractivity contribution in [1.29, 1.82) is 0 Å². The van der Waals surface area contributed by atoms with Crippen LogP contribution in [-0.4, -0.2) is 38.8 Å². The Balaban J connectivity index is 2.22. The molecular weight excluding hydrogens is 258 g/mol. The predicted octanol–water partition coefficient (Wildman–Crippen LogP) is 1.71. The van der Waals surface area contributed by atoms with Crippen LogP contribution in [0, 0.1) is 0 Å². The molecule has 0 saturated heterocycles. The molecular formula is C14H23N3O3. The summed E-state index contributed by atoms with van der Waals surface area (Å²) >= 11 is 0. The third-order valence-corrected chi connectivity index (χ3v) is 3.93. The second-order valence-electron chi connectivity index (χ2n) is 5.57. The van der Waals surface area contributed by atoms with Crippen LogP contribution in [0.1, 0.15) is 61.6 Å². The highest BCUT2D eigenvalue weighted by molar-refractivity contribution is 5.88. The zero-order valence-corrected chi connectivity index (χ0v) is 12.3. The van der Waals surface area contributed by atoms with E-state index in [0.717, 1.165) is 37.8 Å². The lowest BCUT2D eigenvalue weighted by Crippen LogP contribution is -2.37. The minimum atomic E-state index is -0.720. The first-order chi connectivity index (χ1) is 9.59. The number of carbonyl (C=O) groups excluding carboxylic acids is 1. The molecule has 2 rings (SSSR count). The van der Waals surface area contributed by atoms with Gasteiger partial charge in [-0.2, -0.15) is 0 Å². The topological polar surface area (TPSA) is 77.2 Å². The molecule has 1 saturated carbocycles. The maximum atomic E-state index is 11.7. The van der Waals surface area contributed by atoms with Gasteiger partial charge in [-0.15, -0.1) is 5.10 Å². The molecule has 0 amide bonds. The number of esters is 1. The van der Waals surface area contributed by atoms with E-state index >= 15 is 0 Å². The Morgan fingerprint density at radius 2 is 2.10 bits per heavy atom. The molecule has 1 heterocycles. The van der Waals surface area contributed by atoms with E-state index in [1.807, 2.05) is 6.92 Å².